The number of urea groups is 1. The van der Waals surface area contributed by atoms with Gasteiger partial charge in [0.25, 0.3) is 0 Å². The Balaban J connectivity index is 2.91. The SMILES string of the molecule is CC(C)=C1NC(=O)NCCN1C(C)C. The number of nitrogens with one attached hydrogen (secondary N) is 2. The first-order valence-corrected chi connectivity index (χ1v) is 5.01. The molecule has 0 atom stereocenters. The van der Waals surface area contributed by atoms with E-state index in [1.807, 2.05) is 13.8 Å². The van der Waals surface area contributed by atoms with Crippen molar-refractivity contribution in [2.24, 2.45) is 0 Å². The summed E-state index contributed by atoms with van der Waals surface area (Å²) in [7, 11) is 0. The standard InChI is InChI=1S/C10H19N3O/c1-7(2)9-12-10(14)11-5-6-13(9)8(3)4/h8H,5-6H2,1-4H3,(H2,11,12,14). The topological polar surface area (TPSA) is 44.4 Å². The highest BCUT2D eigenvalue weighted by molar-refractivity contribution is 5.76. The lowest BCUT2D eigenvalue weighted by Gasteiger charge is -2.29. The van der Waals surface area contributed by atoms with Crippen molar-refractivity contribution >= 4 is 6.03 Å². The highest BCUT2D eigenvalue weighted by Gasteiger charge is 2.19. The van der Waals surface area contributed by atoms with E-state index in [2.05, 4.69) is 29.4 Å². The number of hydrogen-bond acceptors (Lipinski definition) is 2. The van der Waals surface area contributed by atoms with Crippen molar-refractivity contribution in [3.05, 3.63) is 11.4 Å². The highest BCUT2D eigenvalue weighted by Crippen LogP contribution is 2.12. The maximum absolute atomic E-state index is 11.3. The molecule has 0 spiro atoms. The maximum atomic E-state index is 11.3. The zero-order chi connectivity index (χ0) is 10.7. The van der Waals surface area contributed by atoms with Crippen LogP contribution in [0.1, 0.15) is 27.7 Å². The van der Waals surface area contributed by atoms with Crippen LogP contribution in [-0.2, 0) is 0 Å². The summed E-state index contributed by atoms with van der Waals surface area (Å²) in [6.07, 6.45) is 0. The Hall–Kier alpha value is -1.19. The van der Waals surface area contributed by atoms with Crippen molar-refractivity contribution in [2.75, 3.05) is 13.1 Å². The van der Waals surface area contributed by atoms with Crippen LogP contribution in [0.15, 0.2) is 11.4 Å². The van der Waals surface area contributed by atoms with Gasteiger partial charge in [-0.15, -0.1) is 0 Å². The summed E-state index contributed by atoms with van der Waals surface area (Å²) in [5, 5.41) is 5.65. The van der Waals surface area contributed by atoms with Crippen LogP contribution in [0.25, 0.3) is 0 Å². The minimum Gasteiger partial charge on any atom is -0.354 e. The van der Waals surface area contributed by atoms with Gasteiger partial charge in [-0.25, -0.2) is 4.79 Å². The molecule has 14 heavy (non-hydrogen) atoms. The molecule has 0 aliphatic carbocycles. The van der Waals surface area contributed by atoms with Crippen molar-refractivity contribution in [1.29, 1.82) is 0 Å². The van der Waals surface area contributed by atoms with Crippen LogP contribution in [-0.4, -0.2) is 30.1 Å². The van der Waals surface area contributed by atoms with Crippen LogP contribution in [0.2, 0.25) is 0 Å². The monoisotopic (exact) mass is 197 g/mol. The predicted octanol–water partition coefficient (Wildman–Crippen LogP) is 1.26. The molecule has 0 radical (unpaired) electrons. The molecule has 1 aliphatic rings. The van der Waals surface area contributed by atoms with Gasteiger partial charge in [-0.1, -0.05) is 0 Å². The largest absolute Gasteiger partial charge is 0.354 e. The van der Waals surface area contributed by atoms with E-state index in [0.717, 1.165) is 17.9 Å². The van der Waals surface area contributed by atoms with Crippen LogP contribution in [0, 0.1) is 0 Å². The Morgan fingerprint density at radius 3 is 2.57 bits per heavy atom. The molecule has 1 aliphatic heterocycles. The third kappa shape index (κ3) is 2.40. The summed E-state index contributed by atoms with van der Waals surface area (Å²) in [6, 6.07) is 0.296. The third-order valence-electron chi connectivity index (χ3n) is 2.25. The third-order valence-corrected chi connectivity index (χ3v) is 2.25. The fourth-order valence-electron chi connectivity index (χ4n) is 1.55. The molecule has 0 bridgehead atoms. The first-order valence-electron chi connectivity index (χ1n) is 5.01. The molecule has 4 heteroatoms. The van der Waals surface area contributed by atoms with Crippen LogP contribution in [0.3, 0.4) is 0 Å². The smallest absolute Gasteiger partial charge is 0.320 e. The molecule has 0 aromatic heterocycles. The number of carbonyl (C=O) groups excluding carboxylic acids is 1. The van der Waals surface area contributed by atoms with E-state index in [9.17, 15) is 4.79 Å². The van der Waals surface area contributed by atoms with Crippen molar-refractivity contribution < 1.29 is 4.79 Å². The van der Waals surface area contributed by atoms with Gasteiger partial charge in [0, 0.05) is 19.1 Å². The number of nitrogens with zero attached hydrogens (tertiary/aromatic N) is 1. The molecule has 0 aromatic rings. The van der Waals surface area contributed by atoms with Gasteiger partial charge < -0.3 is 10.2 Å². The fourth-order valence-corrected chi connectivity index (χ4v) is 1.55. The Morgan fingerprint density at radius 2 is 2.07 bits per heavy atom. The molecule has 1 fully saturated rings. The predicted molar refractivity (Wildman–Crippen MR) is 56.8 cm³/mol. The summed E-state index contributed by atoms with van der Waals surface area (Å²) in [4.78, 5) is 13.5. The van der Waals surface area contributed by atoms with Crippen LogP contribution < -0.4 is 10.6 Å². The lowest BCUT2D eigenvalue weighted by Crippen LogP contribution is -2.38. The zero-order valence-corrected chi connectivity index (χ0v) is 9.35. The van der Waals surface area contributed by atoms with E-state index < -0.39 is 0 Å². The van der Waals surface area contributed by atoms with Gasteiger partial charge in [-0.2, -0.15) is 0 Å². The highest BCUT2D eigenvalue weighted by atomic mass is 16.2. The second kappa shape index (κ2) is 4.35. The first kappa shape index (κ1) is 10.9. The van der Waals surface area contributed by atoms with E-state index in [0.29, 0.717) is 12.6 Å². The van der Waals surface area contributed by atoms with Crippen molar-refractivity contribution in [1.82, 2.24) is 15.5 Å². The summed E-state index contributed by atoms with van der Waals surface area (Å²) in [5.74, 6) is 0.940. The van der Waals surface area contributed by atoms with Crippen molar-refractivity contribution in [2.45, 2.75) is 33.7 Å². The molecular formula is C10H19N3O. The molecule has 2 N–H and O–H groups in total. The van der Waals surface area contributed by atoms with E-state index in [-0.39, 0.29) is 6.03 Å². The van der Waals surface area contributed by atoms with E-state index in [1.54, 1.807) is 0 Å². The van der Waals surface area contributed by atoms with Gasteiger partial charge in [-0.05, 0) is 33.3 Å². The Morgan fingerprint density at radius 1 is 1.43 bits per heavy atom. The minimum atomic E-state index is -0.107. The van der Waals surface area contributed by atoms with Gasteiger partial charge in [0.1, 0.15) is 5.82 Å². The van der Waals surface area contributed by atoms with E-state index in [4.69, 9.17) is 0 Å². The molecule has 0 aromatic carbocycles. The second-order valence-electron chi connectivity index (χ2n) is 4.02. The van der Waals surface area contributed by atoms with Crippen LogP contribution >= 0.6 is 0 Å². The van der Waals surface area contributed by atoms with Crippen molar-refractivity contribution in [3.63, 3.8) is 0 Å². The first-order chi connectivity index (χ1) is 6.52. The molecule has 1 heterocycles. The molecule has 4 nitrogen and oxygen atoms in total. The summed E-state index contributed by atoms with van der Waals surface area (Å²) in [6.45, 7) is 9.82. The molecule has 80 valence electrons. The zero-order valence-electron chi connectivity index (χ0n) is 9.35. The van der Waals surface area contributed by atoms with Crippen LogP contribution in [0.4, 0.5) is 4.79 Å². The lowest BCUT2D eigenvalue weighted by atomic mass is 10.2. The molecule has 1 rings (SSSR count). The summed E-state index contributed by atoms with van der Waals surface area (Å²) in [5.41, 5.74) is 1.13. The number of amides is 2. The molecule has 1 saturated heterocycles. The Labute approximate surface area is 85.3 Å². The lowest BCUT2D eigenvalue weighted by molar-refractivity contribution is 0.242. The summed E-state index contributed by atoms with van der Waals surface area (Å²) < 4.78 is 0. The van der Waals surface area contributed by atoms with E-state index >= 15 is 0 Å². The van der Waals surface area contributed by atoms with Crippen LogP contribution in [0.5, 0.6) is 0 Å². The minimum absolute atomic E-state index is 0.107. The number of hydrogen-bond donors (Lipinski definition) is 2. The quantitative estimate of drug-likeness (QED) is 0.664. The maximum Gasteiger partial charge on any atom is 0.320 e. The fraction of sp³-hybridized carbons (Fsp3) is 0.700. The molecule has 0 unspecified atom stereocenters. The summed E-state index contributed by atoms with van der Waals surface area (Å²) >= 11 is 0. The Bertz CT molecular complexity index is 254. The number of allylic oxidation sites excluding steroid dienone is 1. The molecular weight excluding hydrogens is 178 g/mol. The molecule has 0 saturated carbocycles. The average molecular weight is 197 g/mol. The average Bonchev–Trinajstić information content (AvgIpc) is 2.26. The number of rotatable bonds is 1. The van der Waals surface area contributed by atoms with Gasteiger partial charge in [0.05, 0.1) is 0 Å². The van der Waals surface area contributed by atoms with Gasteiger partial charge in [0.15, 0.2) is 0 Å². The second-order valence-corrected chi connectivity index (χ2v) is 4.02. The normalized spacial score (nSPS) is 17.6. The van der Waals surface area contributed by atoms with Crippen molar-refractivity contribution in [3.8, 4) is 0 Å². The Kier molecular flexibility index (Phi) is 3.38. The number of carbonyl (C=O) groups is 1. The molecule has 2 amide bonds. The van der Waals surface area contributed by atoms with E-state index in [1.165, 1.54) is 0 Å². The van der Waals surface area contributed by atoms with Gasteiger partial charge in [-0.3, -0.25) is 5.32 Å². The van der Waals surface area contributed by atoms with Gasteiger partial charge in [0.2, 0.25) is 0 Å². The van der Waals surface area contributed by atoms with Gasteiger partial charge >= 0.3 is 6.03 Å².